The van der Waals surface area contributed by atoms with Crippen molar-refractivity contribution in [3.05, 3.63) is 56.8 Å². The first kappa shape index (κ1) is 22.2. The molecular weight excluding hydrogens is 474 g/mol. The maximum absolute atomic E-state index is 12.8. The molecule has 0 bridgehead atoms. The van der Waals surface area contributed by atoms with Gasteiger partial charge in [0.1, 0.15) is 5.82 Å². The van der Waals surface area contributed by atoms with Gasteiger partial charge in [0.05, 0.1) is 26.8 Å². The quantitative estimate of drug-likeness (QED) is 0.420. The molecule has 0 unspecified atom stereocenters. The van der Waals surface area contributed by atoms with E-state index in [0.717, 1.165) is 28.1 Å². The van der Waals surface area contributed by atoms with Crippen LogP contribution in [-0.4, -0.2) is 39.6 Å². The number of rotatable bonds is 6. The van der Waals surface area contributed by atoms with E-state index >= 15 is 0 Å². The van der Waals surface area contributed by atoms with Gasteiger partial charge in [-0.25, -0.2) is 14.5 Å². The van der Waals surface area contributed by atoms with E-state index in [2.05, 4.69) is 36.3 Å². The number of hydrogen-bond acceptors (Lipinski definition) is 6. The average molecular weight is 500 g/mol. The first-order chi connectivity index (χ1) is 15.0. The van der Waals surface area contributed by atoms with Crippen molar-refractivity contribution in [1.82, 2.24) is 28.9 Å². The standard InChI is InChI=1S/C22H26BrN7O2/c1-13-10-14(2)30(27-13)20-24-12-16(23)19(26-20)25-15-6-7-17-18(11-15)29(21(31)28(17)5)9-8-22(3,4)32/h6-7,10-12,32H,8-9H2,1-5H3,(H,24,25,26). The molecule has 0 atom stereocenters. The molecular formula is C22H26BrN7O2. The second-order valence-electron chi connectivity index (χ2n) is 8.59. The number of benzene rings is 1. The smallest absolute Gasteiger partial charge is 0.328 e. The Kier molecular flexibility index (Phi) is 5.68. The minimum Gasteiger partial charge on any atom is -0.390 e. The van der Waals surface area contributed by atoms with E-state index in [1.54, 1.807) is 40.9 Å². The normalized spacial score (nSPS) is 12.0. The number of hydrogen-bond donors (Lipinski definition) is 2. The van der Waals surface area contributed by atoms with Crippen LogP contribution in [0.2, 0.25) is 0 Å². The zero-order valence-corrected chi connectivity index (χ0v) is 20.3. The molecule has 0 amide bonds. The minimum absolute atomic E-state index is 0.114. The molecule has 0 fully saturated rings. The van der Waals surface area contributed by atoms with Crippen LogP contribution < -0.4 is 11.0 Å². The Morgan fingerprint density at radius 2 is 1.94 bits per heavy atom. The molecule has 0 aliphatic rings. The van der Waals surface area contributed by atoms with Crippen molar-refractivity contribution in [3.63, 3.8) is 0 Å². The van der Waals surface area contributed by atoms with Gasteiger partial charge in [-0.2, -0.15) is 10.1 Å². The zero-order valence-electron chi connectivity index (χ0n) is 18.7. The van der Waals surface area contributed by atoms with Crippen LogP contribution in [0.1, 0.15) is 31.7 Å². The molecule has 0 saturated carbocycles. The Morgan fingerprint density at radius 3 is 2.59 bits per heavy atom. The molecule has 10 heteroatoms. The first-order valence-corrected chi connectivity index (χ1v) is 11.1. The molecule has 32 heavy (non-hydrogen) atoms. The highest BCUT2D eigenvalue weighted by Gasteiger charge is 2.17. The van der Waals surface area contributed by atoms with Crippen LogP contribution >= 0.6 is 15.9 Å². The number of aryl methyl sites for hydroxylation is 4. The van der Waals surface area contributed by atoms with Crippen LogP contribution in [0.15, 0.2) is 39.7 Å². The molecule has 1 aromatic carbocycles. The number of halogens is 1. The molecule has 0 radical (unpaired) electrons. The molecule has 3 heterocycles. The Bertz CT molecular complexity index is 1360. The molecule has 3 aromatic heterocycles. The number of aromatic nitrogens is 6. The third kappa shape index (κ3) is 4.33. The fourth-order valence-electron chi connectivity index (χ4n) is 3.61. The van der Waals surface area contributed by atoms with E-state index in [0.29, 0.717) is 29.2 Å². The van der Waals surface area contributed by atoms with Gasteiger partial charge in [-0.05, 0) is 74.3 Å². The van der Waals surface area contributed by atoms with Gasteiger partial charge in [-0.1, -0.05) is 0 Å². The third-order valence-electron chi connectivity index (χ3n) is 5.29. The maximum Gasteiger partial charge on any atom is 0.328 e. The summed E-state index contributed by atoms with van der Waals surface area (Å²) < 4.78 is 5.71. The van der Waals surface area contributed by atoms with Gasteiger partial charge in [0, 0.05) is 31.2 Å². The summed E-state index contributed by atoms with van der Waals surface area (Å²) in [6.07, 6.45) is 2.15. The number of nitrogens with one attached hydrogen (secondary N) is 1. The molecule has 0 aliphatic carbocycles. The van der Waals surface area contributed by atoms with Gasteiger partial charge in [-0.15, -0.1) is 0 Å². The second-order valence-corrected chi connectivity index (χ2v) is 9.44. The van der Waals surface area contributed by atoms with Crippen molar-refractivity contribution < 1.29 is 5.11 Å². The fourth-order valence-corrected chi connectivity index (χ4v) is 3.90. The SMILES string of the molecule is Cc1cc(C)n(-c2ncc(Br)c(Nc3ccc4c(c3)n(CCC(C)(C)O)c(=O)n4C)n2)n1. The highest BCUT2D eigenvalue weighted by Crippen LogP contribution is 2.27. The molecule has 4 rings (SSSR count). The van der Waals surface area contributed by atoms with Crippen molar-refractivity contribution in [2.24, 2.45) is 7.05 Å². The Morgan fingerprint density at radius 1 is 1.19 bits per heavy atom. The number of fused-ring (bicyclic) bond motifs is 1. The lowest BCUT2D eigenvalue weighted by molar-refractivity contribution is 0.0662. The largest absolute Gasteiger partial charge is 0.390 e. The summed E-state index contributed by atoms with van der Waals surface area (Å²) in [5, 5.41) is 17.9. The van der Waals surface area contributed by atoms with Crippen molar-refractivity contribution in [3.8, 4) is 5.95 Å². The predicted octanol–water partition coefficient (Wildman–Crippen LogP) is 3.60. The van der Waals surface area contributed by atoms with Gasteiger partial charge in [0.15, 0.2) is 0 Å². The lowest BCUT2D eigenvalue weighted by Gasteiger charge is -2.17. The summed E-state index contributed by atoms with van der Waals surface area (Å²) >= 11 is 3.51. The number of nitrogens with zero attached hydrogens (tertiary/aromatic N) is 6. The molecule has 0 saturated heterocycles. The van der Waals surface area contributed by atoms with E-state index in [1.165, 1.54) is 0 Å². The van der Waals surface area contributed by atoms with Crippen molar-refractivity contribution >= 4 is 38.5 Å². The minimum atomic E-state index is -0.858. The average Bonchev–Trinajstić information content (AvgIpc) is 3.17. The highest BCUT2D eigenvalue weighted by molar-refractivity contribution is 9.10. The molecule has 2 N–H and O–H groups in total. The van der Waals surface area contributed by atoms with E-state index in [4.69, 9.17) is 0 Å². The predicted molar refractivity (Wildman–Crippen MR) is 128 cm³/mol. The lowest BCUT2D eigenvalue weighted by Crippen LogP contribution is -2.27. The van der Waals surface area contributed by atoms with E-state index < -0.39 is 5.60 Å². The van der Waals surface area contributed by atoms with Crippen molar-refractivity contribution in [2.45, 2.75) is 46.3 Å². The highest BCUT2D eigenvalue weighted by atomic mass is 79.9. The van der Waals surface area contributed by atoms with Crippen LogP contribution in [-0.2, 0) is 13.6 Å². The number of imidazole rings is 1. The van der Waals surface area contributed by atoms with Crippen molar-refractivity contribution in [2.75, 3.05) is 5.32 Å². The lowest BCUT2D eigenvalue weighted by atomic mass is 10.1. The molecule has 0 spiro atoms. The molecule has 168 valence electrons. The van der Waals surface area contributed by atoms with E-state index in [-0.39, 0.29) is 5.69 Å². The van der Waals surface area contributed by atoms with Crippen LogP contribution in [0.4, 0.5) is 11.5 Å². The summed E-state index contributed by atoms with van der Waals surface area (Å²) in [7, 11) is 1.75. The molecule has 0 aliphatic heterocycles. The second kappa shape index (κ2) is 8.18. The maximum atomic E-state index is 12.8. The summed E-state index contributed by atoms with van der Waals surface area (Å²) in [5.74, 6) is 1.05. The Balaban J connectivity index is 1.71. The number of aliphatic hydroxyl groups is 1. The van der Waals surface area contributed by atoms with Gasteiger partial charge < -0.3 is 10.4 Å². The third-order valence-corrected chi connectivity index (χ3v) is 5.87. The summed E-state index contributed by atoms with van der Waals surface area (Å²) in [6, 6.07) is 7.68. The van der Waals surface area contributed by atoms with Gasteiger partial charge in [-0.3, -0.25) is 9.13 Å². The van der Waals surface area contributed by atoms with E-state index in [1.807, 2.05) is 38.1 Å². The topological polar surface area (TPSA) is 103 Å². The monoisotopic (exact) mass is 499 g/mol. The Hall–Kier alpha value is -2.98. The van der Waals surface area contributed by atoms with Gasteiger partial charge >= 0.3 is 5.69 Å². The molecule has 4 aromatic rings. The fraction of sp³-hybridized carbons (Fsp3) is 0.364. The summed E-state index contributed by atoms with van der Waals surface area (Å²) in [6.45, 7) is 7.78. The summed E-state index contributed by atoms with van der Waals surface area (Å²) in [5.41, 5.74) is 3.24. The van der Waals surface area contributed by atoms with E-state index in [9.17, 15) is 9.90 Å². The van der Waals surface area contributed by atoms with Crippen LogP contribution in [0.5, 0.6) is 0 Å². The van der Waals surface area contributed by atoms with Crippen LogP contribution in [0.25, 0.3) is 17.0 Å². The van der Waals surface area contributed by atoms with Crippen LogP contribution in [0, 0.1) is 13.8 Å². The van der Waals surface area contributed by atoms with Crippen LogP contribution in [0.3, 0.4) is 0 Å². The number of anilines is 2. The molecule has 9 nitrogen and oxygen atoms in total. The first-order valence-electron chi connectivity index (χ1n) is 10.3. The Labute approximate surface area is 193 Å². The van der Waals surface area contributed by atoms with Gasteiger partial charge in [0.25, 0.3) is 5.95 Å². The van der Waals surface area contributed by atoms with Gasteiger partial charge in [0.2, 0.25) is 0 Å². The zero-order chi connectivity index (χ0) is 23.2. The summed E-state index contributed by atoms with van der Waals surface area (Å²) in [4.78, 5) is 21.8. The van der Waals surface area contributed by atoms with Crippen molar-refractivity contribution in [1.29, 1.82) is 0 Å².